The number of carbonyl (C=O) groups is 2. The lowest BCUT2D eigenvalue weighted by molar-refractivity contribution is -0.125. The van der Waals surface area contributed by atoms with Gasteiger partial charge in [-0.15, -0.1) is 0 Å². The zero-order chi connectivity index (χ0) is 12.4. The molecule has 5 heteroatoms. The van der Waals surface area contributed by atoms with Crippen LogP contribution in [0.25, 0.3) is 0 Å². The summed E-state index contributed by atoms with van der Waals surface area (Å²) in [6.07, 6.45) is 0.177. The van der Waals surface area contributed by atoms with Gasteiger partial charge in [0.15, 0.2) is 0 Å². The van der Waals surface area contributed by atoms with Crippen molar-refractivity contribution < 1.29 is 14.0 Å². The van der Waals surface area contributed by atoms with Crippen LogP contribution in [0, 0.1) is 11.7 Å². The number of nitrogens with one attached hydrogen (secondary N) is 1. The Bertz CT molecular complexity index is 462. The molecule has 1 saturated heterocycles. The van der Waals surface area contributed by atoms with Crippen LogP contribution in [0.4, 0.5) is 10.1 Å². The first-order chi connectivity index (χ1) is 8.11. The van der Waals surface area contributed by atoms with E-state index in [9.17, 15) is 14.0 Å². The number of halogens is 1. The Balaban J connectivity index is 2.18. The third kappa shape index (κ3) is 2.27. The zero-order valence-corrected chi connectivity index (χ0v) is 9.44. The van der Waals surface area contributed by atoms with Crippen LogP contribution in [0.1, 0.15) is 6.42 Å². The molecule has 0 unspecified atom stereocenters. The minimum atomic E-state index is -0.390. The molecule has 0 aliphatic carbocycles. The highest BCUT2D eigenvalue weighted by atomic mass is 19.1. The summed E-state index contributed by atoms with van der Waals surface area (Å²) in [5, 5.41) is 2.52. The van der Waals surface area contributed by atoms with Crippen LogP contribution >= 0.6 is 0 Å². The van der Waals surface area contributed by atoms with Gasteiger partial charge in [-0.05, 0) is 18.2 Å². The number of nitrogens with zero attached hydrogens (tertiary/aromatic N) is 1. The third-order valence-electron chi connectivity index (χ3n) is 2.86. The predicted molar refractivity (Wildman–Crippen MR) is 60.9 cm³/mol. The monoisotopic (exact) mass is 236 g/mol. The lowest BCUT2D eigenvalue weighted by Gasteiger charge is -2.16. The summed E-state index contributed by atoms with van der Waals surface area (Å²) in [6, 6.07) is 5.82. The zero-order valence-electron chi connectivity index (χ0n) is 9.44. The summed E-state index contributed by atoms with van der Waals surface area (Å²) in [5.41, 5.74) is 0.501. The number of carbonyl (C=O) groups excluding carboxylic acids is 2. The first-order valence-electron chi connectivity index (χ1n) is 5.39. The van der Waals surface area contributed by atoms with E-state index in [1.54, 1.807) is 12.1 Å². The number of amides is 2. The van der Waals surface area contributed by atoms with Gasteiger partial charge in [-0.2, -0.15) is 0 Å². The molecule has 0 bridgehead atoms. The number of hydrogen-bond donors (Lipinski definition) is 1. The molecule has 1 aromatic rings. The van der Waals surface area contributed by atoms with Gasteiger partial charge in [0, 0.05) is 25.7 Å². The van der Waals surface area contributed by atoms with Gasteiger partial charge in [-0.25, -0.2) is 4.39 Å². The first kappa shape index (κ1) is 11.6. The molecule has 1 aliphatic rings. The molecule has 1 heterocycles. The lowest BCUT2D eigenvalue weighted by atomic mass is 10.1. The average Bonchev–Trinajstić information content (AvgIpc) is 2.70. The molecular weight excluding hydrogens is 223 g/mol. The molecule has 1 fully saturated rings. The van der Waals surface area contributed by atoms with Crippen molar-refractivity contribution in [3.8, 4) is 0 Å². The van der Waals surface area contributed by atoms with Gasteiger partial charge in [0.2, 0.25) is 11.8 Å². The van der Waals surface area contributed by atoms with E-state index in [1.165, 1.54) is 24.1 Å². The second-order valence-corrected chi connectivity index (χ2v) is 4.00. The molecular formula is C12H13FN2O2. The van der Waals surface area contributed by atoms with Crippen molar-refractivity contribution in [2.24, 2.45) is 5.92 Å². The highest BCUT2D eigenvalue weighted by Gasteiger charge is 2.34. The van der Waals surface area contributed by atoms with E-state index in [4.69, 9.17) is 0 Å². The fourth-order valence-corrected chi connectivity index (χ4v) is 1.98. The number of benzene rings is 1. The lowest BCUT2D eigenvalue weighted by Crippen LogP contribution is -2.30. The summed E-state index contributed by atoms with van der Waals surface area (Å²) in [5.74, 6) is -1.05. The summed E-state index contributed by atoms with van der Waals surface area (Å²) in [7, 11) is 1.54. The largest absolute Gasteiger partial charge is 0.359 e. The fourth-order valence-electron chi connectivity index (χ4n) is 1.98. The molecule has 0 saturated carbocycles. The van der Waals surface area contributed by atoms with E-state index < -0.39 is 5.82 Å². The van der Waals surface area contributed by atoms with Gasteiger partial charge >= 0.3 is 0 Å². The van der Waals surface area contributed by atoms with E-state index in [0.29, 0.717) is 12.2 Å². The van der Waals surface area contributed by atoms with Crippen molar-refractivity contribution in [2.45, 2.75) is 6.42 Å². The summed E-state index contributed by atoms with van der Waals surface area (Å²) in [4.78, 5) is 24.6. The Morgan fingerprint density at radius 1 is 1.53 bits per heavy atom. The minimum Gasteiger partial charge on any atom is -0.359 e. The molecule has 0 aromatic heterocycles. The van der Waals surface area contributed by atoms with E-state index in [-0.39, 0.29) is 24.2 Å². The molecule has 2 amide bonds. The second-order valence-electron chi connectivity index (χ2n) is 4.00. The standard InChI is InChI=1S/C12H13FN2O2/c1-14-12(17)8-5-11(16)15(7-8)10-4-2-3-9(13)6-10/h2-4,6,8H,5,7H2,1H3,(H,14,17)/t8-/m1/s1. The Morgan fingerprint density at radius 2 is 2.29 bits per heavy atom. The van der Waals surface area contributed by atoms with E-state index in [2.05, 4.69) is 5.32 Å². The topological polar surface area (TPSA) is 49.4 Å². The molecule has 2 rings (SSSR count). The van der Waals surface area contributed by atoms with Crippen LogP contribution in [0.15, 0.2) is 24.3 Å². The van der Waals surface area contributed by atoms with Gasteiger partial charge in [-0.3, -0.25) is 9.59 Å². The van der Waals surface area contributed by atoms with Crippen molar-refractivity contribution >= 4 is 17.5 Å². The van der Waals surface area contributed by atoms with Crippen molar-refractivity contribution in [3.63, 3.8) is 0 Å². The first-order valence-corrected chi connectivity index (χ1v) is 5.39. The molecule has 1 aliphatic heterocycles. The van der Waals surface area contributed by atoms with Crippen molar-refractivity contribution in [2.75, 3.05) is 18.5 Å². The Hall–Kier alpha value is -1.91. The maximum absolute atomic E-state index is 13.1. The van der Waals surface area contributed by atoms with Gasteiger partial charge in [0.25, 0.3) is 0 Å². The average molecular weight is 236 g/mol. The second kappa shape index (κ2) is 4.53. The predicted octanol–water partition coefficient (Wildman–Crippen LogP) is 0.925. The van der Waals surface area contributed by atoms with Crippen molar-refractivity contribution in [3.05, 3.63) is 30.1 Å². The molecule has 1 aromatic carbocycles. The maximum Gasteiger partial charge on any atom is 0.227 e. The van der Waals surface area contributed by atoms with Crippen LogP contribution in [0.3, 0.4) is 0 Å². The van der Waals surface area contributed by atoms with Crippen molar-refractivity contribution in [1.29, 1.82) is 0 Å². The smallest absolute Gasteiger partial charge is 0.227 e. The van der Waals surface area contributed by atoms with E-state index in [0.717, 1.165) is 0 Å². The molecule has 4 nitrogen and oxygen atoms in total. The quantitative estimate of drug-likeness (QED) is 0.830. The highest BCUT2D eigenvalue weighted by Crippen LogP contribution is 2.25. The minimum absolute atomic E-state index is 0.149. The van der Waals surface area contributed by atoms with Crippen LogP contribution in [0.5, 0.6) is 0 Å². The van der Waals surface area contributed by atoms with Gasteiger partial charge < -0.3 is 10.2 Å². The van der Waals surface area contributed by atoms with Crippen LogP contribution in [-0.4, -0.2) is 25.4 Å². The normalized spacial score (nSPS) is 19.5. The van der Waals surface area contributed by atoms with E-state index >= 15 is 0 Å². The van der Waals surface area contributed by atoms with Crippen LogP contribution in [0.2, 0.25) is 0 Å². The molecule has 90 valence electrons. The fraction of sp³-hybridized carbons (Fsp3) is 0.333. The maximum atomic E-state index is 13.1. The third-order valence-corrected chi connectivity index (χ3v) is 2.86. The number of anilines is 1. The Morgan fingerprint density at radius 3 is 2.94 bits per heavy atom. The van der Waals surface area contributed by atoms with Gasteiger partial charge in [-0.1, -0.05) is 6.07 Å². The Kier molecular flexibility index (Phi) is 3.08. The Labute approximate surface area is 98.4 Å². The number of hydrogen-bond acceptors (Lipinski definition) is 2. The van der Waals surface area contributed by atoms with Crippen LogP contribution < -0.4 is 10.2 Å². The number of rotatable bonds is 2. The molecule has 17 heavy (non-hydrogen) atoms. The molecule has 1 atom stereocenters. The molecule has 0 spiro atoms. The summed E-state index contributed by atoms with van der Waals surface area (Å²) < 4.78 is 13.1. The van der Waals surface area contributed by atoms with Gasteiger partial charge in [0.1, 0.15) is 5.82 Å². The summed E-state index contributed by atoms with van der Waals surface area (Å²) in [6.45, 7) is 0.308. The van der Waals surface area contributed by atoms with Crippen LogP contribution in [-0.2, 0) is 9.59 Å². The molecule has 1 N–H and O–H groups in total. The highest BCUT2D eigenvalue weighted by molar-refractivity contribution is 6.00. The SMILES string of the molecule is CNC(=O)[C@@H]1CC(=O)N(c2cccc(F)c2)C1. The van der Waals surface area contributed by atoms with E-state index in [1.807, 2.05) is 0 Å². The van der Waals surface area contributed by atoms with Gasteiger partial charge in [0.05, 0.1) is 5.92 Å². The molecule has 0 radical (unpaired) electrons. The van der Waals surface area contributed by atoms with Crippen molar-refractivity contribution in [1.82, 2.24) is 5.32 Å². The summed E-state index contributed by atoms with van der Waals surface area (Å²) >= 11 is 0.